The molecule has 5 nitrogen and oxygen atoms in total. The Kier molecular flexibility index (Phi) is 3.77. The third-order valence-corrected chi connectivity index (χ3v) is 5.20. The van der Waals surface area contributed by atoms with Crippen LogP contribution >= 0.6 is 0 Å². The number of amides is 1. The van der Waals surface area contributed by atoms with Crippen molar-refractivity contribution in [1.29, 1.82) is 5.26 Å². The molecular formula is C15H22N2O3. The first kappa shape index (κ1) is 14.8. The fraction of sp³-hybridized carbons (Fsp3) is 0.800. The van der Waals surface area contributed by atoms with Gasteiger partial charge in [0.25, 0.3) is 0 Å². The molecule has 0 bridgehead atoms. The summed E-state index contributed by atoms with van der Waals surface area (Å²) in [5.41, 5.74) is -1.75. The first-order valence-electron chi connectivity index (χ1n) is 7.32. The van der Waals surface area contributed by atoms with E-state index in [4.69, 9.17) is 0 Å². The summed E-state index contributed by atoms with van der Waals surface area (Å²) in [4.78, 5) is 25.9. The topological polar surface area (TPSA) is 81.4 Å². The molecule has 0 aromatic heterocycles. The molecule has 1 atom stereocenters. The number of carboxylic acid groups (broad SMARTS) is 1. The van der Waals surface area contributed by atoms with Crippen molar-refractivity contribution >= 4 is 11.9 Å². The highest BCUT2D eigenvalue weighted by Gasteiger charge is 2.52. The number of aliphatic carboxylic acids is 1. The van der Waals surface area contributed by atoms with Crippen molar-refractivity contribution < 1.29 is 14.7 Å². The fourth-order valence-corrected chi connectivity index (χ4v) is 3.55. The molecule has 1 N–H and O–H groups in total. The monoisotopic (exact) mass is 278 g/mol. The molecule has 0 aromatic carbocycles. The van der Waals surface area contributed by atoms with Gasteiger partial charge in [-0.05, 0) is 25.2 Å². The number of carboxylic acids is 1. The molecule has 0 aromatic rings. The molecule has 1 saturated carbocycles. The van der Waals surface area contributed by atoms with Gasteiger partial charge in [-0.15, -0.1) is 0 Å². The van der Waals surface area contributed by atoms with Crippen LogP contribution in [0.3, 0.4) is 0 Å². The number of hydrogen-bond acceptors (Lipinski definition) is 3. The second-order valence-electron chi connectivity index (χ2n) is 6.49. The minimum atomic E-state index is -0.897. The quantitative estimate of drug-likeness (QED) is 0.856. The van der Waals surface area contributed by atoms with E-state index in [1.54, 1.807) is 4.90 Å². The lowest BCUT2D eigenvalue weighted by molar-refractivity contribution is -0.151. The third-order valence-electron chi connectivity index (χ3n) is 5.20. The lowest BCUT2D eigenvalue weighted by Gasteiger charge is -2.31. The van der Waals surface area contributed by atoms with Crippen molar-refractivity contribution in [3.05, 3.63) is 0 Å². The van der Waals surface area contributed by atoms with Crippen molar-refractivity contribution in [2.75, 3.05) is 13.1 Å². The normalized spacial score (nSPS) is 28.6. The van der Waals surface area contributed by atoms with Crippen molar-refractivity contribution in [3.63, 3.8) is 0 Å². The van der Waals surface area contributed by atoms with Crippen LogP contribution in [0.4, 0.5) is 0 Å². The first-order chi connectivity index (χ1) is 9.38. The van der Waals surface area contributed by atoms with Gasteiger partial charge in [0.2, 0.25) is 5.91 Å². The van der Waals surface area contributed by atoms with Gasteiger partial charge >= 0.3 is 5.97 Å². The predicted molar refractivity (Wildman–Crippen MR) is 72.6 cm³/mol. The molecule has 0 radical (unpaired) electrons. The van der Waals surface area contributed by atoms with Gasteiger partial charge in [0.1, 0.15) is 5.41 Å². The summed E-state index contributed by atoms with van der Waals surface area (Å²) in [5, 5.41) is 18.9. The molecule has 110 valence electrons. The first-order valence-corrected chi connectivity index (χ1v) is 7.32. The Bertz CT molecular complexity index is 460. The summed E-state index contributed by atoms with van der Waals surface area (Å²) in [7, 11) is 0. The molecular weight excluding hydrogens is 256 g/mol. The molecule has 2 aliphatic rings. The zero-order chi connectivity index (χ0) is 15.0. The van der Waals surface area contributed by atoms with E-state index in [0.717, 1.165) is 12.8 Å². The largest absolute Gasteiger partial charge is 0.481 e. The predicted octanol–water partition coefficient (Wildman–Crippen LogP) is 2.03. The van der Waals surface area contributed by atoms with E-state index >= 15 is 0 Å². The van der Waals surface area contributed by atoms with Crippen LogP contribution in [0.5, 0.6) is 0 Å². The summed E-state index contributed by atoms with van der Waals surface area (Å²) in [6.07, 6.45) is 3.51. The van der Waals surface area contributed by atoms with Crippen molar-refractivity contribution in [3.8, 4) is 6.07 Å². The Hall–Kier alpha value is -1.57. The maximum atomic E-state index is 12.6. The Labute approximate surface area is 119 Å². The second kappa shape index (κ2) is 5.08. The molecule has 0 spiro atoms. The Morgan fingerprint density at radius 2 is 1.85 bits per heavy atom. The van der Waals surface area contributed by atoms with Crippen LogP contribution in [0.15, 0.2) is 0 Å². The average Bonchev–Trinajstić information content (AvgIpc) is 3.06. The summed E-state index contributed by atoms with van der Waals surface area (Å²) < 4.78 is 0. The lowest BCUT2D eigenvalue weighted by Crippen LogP contribution is -2.44. The molecule has 2 rings (SSSR count). The summed E-state index contributed by atoms with van der Waals surface area (Å²) >= 11 is 0. The molecule has 1 aliphatic heterocycles. The van der Waals surface area contributed by atoms with E-state index in [1.165, 1.54) is 0 Å². The van der Waals surface area contributed by atoms with Gasteiger partial charge in [0, 0.05) is 13.1 Å². The molecule has 1 amide bonds. The van der Waals surface area contributed by atoms with Crippen LogP contribution in [-0.2, 0) is 9.59 Å². The van der Waals surface area contributed by atoms with Crippen molar-refractivity contribution in [2.45, 2.75) is 46.0 Å². The number of rotatable bonds is 3. The Balaban J connectivity index is 2.19. The van der Waals surface area contributed by atoms with Crippen LogP contribution in [0.1, 0.15) is 46.0 Å². The van der Waals surface area contributed by atoms with E-state index in [1.807, 2.05) is 13.8 Å². The fourth-order valence-electron chi connectivity index (χ4n) is 3.55. The molecule has 20 heavy (non-hydrogen) atoms. The average molecular weight is 278 g/mol. The third kappa shape index (κ3) is 2.07. The van der Waals surface area contributed by atoms with Gasteiger partial charge < -0.3 is 10.0 Å². The van der Waals surface area contributed by atoms with Gasteiger partial charge in [-0.2, -0.15) is 5.26 Å². The number of carbonyl (C=O) groups excluding carboxylic acids is 1. The highest BCUT2D eigenvalue weighted by Crippen LogP contribution is 2.43. The van der Waals surface area contributed by atoms with E-state index in [-0.39, 0.29) is 18.4 Å². The molecule has 5 heteroatoms. The summed E-state index contributed by atoms with van der Waals surface area (Å²) in [6.45, 7) is 4.46. The Morgan fingerprint density at radius 3 is 2.25 bits per heavy atom. The van der Waals surface area contributed by atoms with E-state index in [9.17, 15) is 20.0 Å². The smallest absolute Gasteiger partial charge is 0.311 e. The number of hydrogen-bond donors (Lipinski definition) is 1. The lowest BCUT2D eigenvalue weighted by atomic mass is 9.76. The van der Waals surface area contributed by atoms with Crippen molar-refractivity contribution in [1.82, 2.24) is 4.90 Å². The van der Waals surface area contributed by atoms with Crippen LogP contribution < -0.4 is 0 Å². The zero-order valence-electron chi connectivity index (χ0n) is 12.2. The van der Waals surface area contributed by atoms with Crippen LogP contribution in [0.2, 0.25) is 0 Å². The van der Waals surface area contributed by atoms with Gasteiger partial charge in [-0.1, -0.05) is 26.7 Å². The second-order valence-corrected chi connectivity index (χ2v) is 6.49. The van der Waals surface area contributed by atoms with Gasteiger partial charge in [-0.25, -0.2) is 0 Å². The minimum absolute atomic E-state index is 0.0283. The van der Waals surface area contributed by atoms with Gasteiger partial charge in [0.15, 0.2) is 0 Å². The van der Waals surface area contributed by atoms with E-state index in [2.05, 4.69) is 6.07 Å². The zero-order valence-corrected chi connectivity index (χ0v) is 12.2. The van der Waals surface area contributed by atoms with E-state index < -0.39 is 16.8 Å². The number of nitrogens with zero attached hydrogens (tertiary/aromatic N) is 2. The summed E-state index contributed by atoms with van der Waals surface area (Å²) in [6, 6.07) is 2.20. The summed E-state index contributed by atoms with van der Waals surface area (Å²) in [5.74, 6) is -1.01. The number of carbonyl (C=O) groups is 2. The van der Waals surface area contributed by atoms with E-state index in [0.29, 0.717) is 25.8 Å². The molecule has 1 aliphatic carbocycles. The van der Waals surface area contributed by atoms with Crippen LogP contribution in [-0.4, -0.2) is 35.0 Å². The maximum absolute atomic E-state index is 12.6. The molecule has 1 unspecified atom stereocenters. The maximum Gasteiger partial charge on any atom is 0.311 e. The molecule has 2 fully saturated rings. The van der Waals surface area contributed by atoms with Gasteiger partial charge in [-0.3, -0.25) is 9.59 Å². The van der Waals surface area contributed by atoms with Crippen LogP contribution in [0.25, 0.3) is 0 Å². The van der Waals surface area contributed by atoms with Gasteiger partial charge in [0.05, 0.1) is 11.5 Å². The highest BCUT2D eigenvalue weighted by molar-refractivity contribution is 5.87. The molecule has 1 heterocycles. The standard InChI is InChI=1S/C15H22N2O3/c1-11(2)15(13(19)20)7-8-17(10-15)12(18)14(9-16)5-3-4-6-14/h11H,3-8,10H2,1-2H3,(H,19,20). The van der Waals surface area contributed by atoms with Crippen LogP contribution in [0, 0.1) is 28.1 Å². The Morgan fingerprint density at radius 1 is 1.25 bits per heavy atom. The SMILES string of the molecule is CC(C)C1(C(=O)O)CCN(C(=O)C2(C#N)CCCC2)C1. The molecule has 1 saturated heterocycles. The number of nitriles is 1. The highest BCUT2D eigenvalue weighted by atomic mass is 16.4. The number of likely N-dealkylation sites (tertiary alicyclic amines) is 1. The van der Waals surface area contributed by atoms with Crippen molar-refractivity contribution in [2.24, 2.45) is 16.7 Å². The minimum Gasteiger partial charge on any atom is -0.481 e.